The van der Waals surface area contributed by atoms with Crippen molar-refractivity contribution in [3.05, 3.63) is 131 Å². The minimum absolute atomic E-state index is 0.101. The van der Waals surface area contributed by atoms with Crippen LogP contribution in [-0.2, 0) is 9.59 Å². The molecule has 0 unspecified atom stereocenters. The number of carbonyl (C=O) groups is 3. The molecule has 0 saturated carbocycles. The summed E-state index contributed by atoms with van der Waals surface area (Å²) in [6.07, 6.45) is 1.62. The van der Waals surface area contributed by atoms with Gasteiger partial charge in [0.15, 0.2) is 0 Å². The average Bonchev–Trinajstić information content (AvgIpc) is 2.95. The summed E-state index contributed by atoms with van der Waals surface area (Å²) < 4.78 is 0. The molecule has 0 aliphatic carbocycles. The van der Waals surface area contributed by atoms with Crippen molar-refractivity contribution in [1.29, 1.82) is 0 Å². The molecule has 0 atom stereocenters. The Balaban J connectivity index is 1.43. The third kappa shape index (κ3) is 8.07. The molecule has 0 bridgehead atoms. The van der Waals surface area contributed by atoms with Crippen molar-refractivity contribution >= 4 is 58.5 Å². The van der Waals surface area contributed by atoms with Crippen LogP contribution in [0.2, 0.25) is 5.02 Å². The first kappa shape index (κ1) is 27.7. The van der Waals surface area contributed by atoms with Crippen LogP contribution >= 0.6 is 23.4 Å². The van der Waals surface area contributed by atoms with Crippen molar-refractivity contribution < 1.29 is 14.4 Å². The summed E-state index contributed by atoms with van der Waals surface area (Å²) in [4.78, 5) is 39.3. The van der Waals surface area contributed by atoms with E-state index in [2.05, 4.69) is 16.0 Å². The summed E-state index contributed by atoms with van der Waals surface area (Å²) >= 11 is 7.47. The Morgan fingerprint density at radius 1 is 0.821 bits per heavy atom. The van der Waals surface area contributed by atoms with Crippen LogP contribution in [0.4, 0.5) is 11.4 Å². The SMILES string of the molecule is Cc1c(Cl)cccc1NC(=O)CSc1cccc(NC(=O)/C(=C/c2ccccc2)NC(=O)c2ccccc2)c1. The fraction of sp³-hybridized carbons (Fsp3) is 0.0645. The standard InChI is InChI=1S/C31H26ClN3O3S/c1-21-26(32)16-9-17-27(21)34-29(36)20-39-25-15-8-14-24(19-25)33-31(38)28(18-22-10-4-2-5-11-22)35-30(37)23-12-6-3-7-13-23/h2-19H,20H2,1H3,(H,33,38)(H,34,36)(H,35,37)/b28-18-. The lowest BCUT2D eigenvalue weighted by Gasteiger charge is -2.12. The molecule has 3 N–H and O–H groups in total. The molecule has 39 heavy (non-hydrogen) atoms. The molecule has 0 heterocycles. The van der Waals surface area contributed by atoms with Crippen LogP contribution < -0.4 is 16.0 Å². The van der Waals surface area contributed by atoms with Crippen LogP contribution in [0.15, 0.2) is 114 Å². The van der Waals surface area contributed by atoms with E-state index in [9.17, 15) is 14.4 Å². The molecular formula is C31H26ClN3O3S. The molecule has 0 aliphatic heterocycles. The second kappa shape index (κ2) is 13.5. The van der Waals surface area contributed by atoms with Gasteiger partial charge < -0.3 is 16.0 Å². The van der Waals surface area contributed by atoms with Crippen LogP contribution in [0.25, 0.3) is 6.08 Å². The van der Waals surface area contributed by atoms with E-state index in [1.807, 2.05) is 49.4 Å². The minimum Gasteiger partial charge on any atom is -0.325 e. The zero-order valence-corrected chi connectivity index (χ0v) is 22.7. The van der Waals surface area contributed by atoms with E-state index in [-0.39, 0.29) is 17.4 Å². The normalized spacial score (nSPS) is 11.0. The van der Waals surface area contributed by atoms with E-state index in [1.54, 1.807) is 66.7 Å². The van der Waals surface area contributed by atoms with Gasteiger partial charge in [0.2, 0.25) is 5.91 Å². The number of anilines is 2. The second-order valence-electron chi connectivity index (χ2n) is 8.52. The fourth-order valence-electron chi connectivity index (χ4n) is 3.60. The molecule has 0 spiro atoms. The van der Waals surface area contributed by atoms with Gasteiger partial charge in [-0.3, -0.25) is 14.4 Å². The summed E-state index contributed by atoms with van der Waals surface area (Å²) in [5, 5.41) is 9.04. The highest BCUT2D eigenvalue weighted by atomic mass is 35.5. The molecule has 3 amide bonds. The smallest absolute Gasteiger partial charge is 0.272 e. The summed E-state index contributed by atoms with van der Waals surface area (Å²) in [7, 11) is 0. The van der Waals surface area contributed by atoms with Crippen LogP contribution in [0.1, 0.15) is 21.5 Å². The Morgan fingerprint density at radius 3 is 2.26 bits per heavy atom. The average molecular weight is 556 g/mol. The number of hydrogen-bond donors (Lipinski definition) is 3. The van der Waals surface area contributed by atoms with E-state index in [1.165, 1.54) is 11.8 Å². The van der Waals surface area contributed by atoms with Crippen LogP contribution in [-0.4, -0.2) is 23.5 Å². The van der Waals surface area contributed by atoms with Crippen molar-refractivity contribution in [1.82, 2.24) is 5.32 Å². The van der Waals surface area contributed by atoms with Crippen LogP contribution in [0.3, 0.4) is 0 Å². The second-order valence-corrected chi connectivity index (χ2v) is 9.98. The number of halogens is 1. The number of benzene rings is 4. The van der Waals surface area contributed by atoms with Gasteiger partial charge in [-0.05, 0) is 66.6 Å². The third-order valence-electron chi connectivity index (χ3n) is 5.64. The van der Waals surface area contributed by atoms with Gasteiger partial charge in [0.05, 0.1) is 5.75 Å². The summed E-state index contributed by atoms with van der Waals surface area (Å²) in [6, 6.07) is 30.5. The number of rotatable bonds is 9. The number of thioether (sulfide) groups is 1. The minimum atomic E-state index is -0.473. The van der Waals surface area contributed by atoms with Gasteiger partial charge in [0.25, 0.3) is 11.8 Å². The molecule has 4 aromatic carbocycles. The zero-order valence-electron chi connectivity index (χ0n) is 21.1. The van der Waals surface area contributed by atoms with Gasteiger partial charge in [-0.25, -0.2) is 0 Å². The van der Waals surface area contributed by atoms with E-state index >= 15 is 0 Å². The third-order valence-corrected chi connectivity index (χ3v) is 7.05. The predicted molar refractivity (Wildman–Crippen MR) is 159 cm³/mol. The Hall–Kier alpha value is -4.33. The van der Waals surface area contributed by atoms with E-state index in [0.717, 1.165) is 16.0 Å². The Kier molecular flexibility index (Phi) is 9.56. The molecule has 196 valence electrons. The lowest BCUT2D eigenvalue weighted by molar-refractivity contribution is -0.114. The van der Waals surface area contributed by atoms with E-state index in [0.29, 0.717) is 22.0 Å². The fourth-order valence-corrected chi connectivity index (χ4v) is 4.53. The maximum Gasteiger partial charge on any atom is 0.272 e. The van der Waals surface area contributed by atoms with Crippen LogP contribution in [0, 0.1) is 6.92 Å². The Morgan fingerprint density at radius 2 is 1.51 bits per heavy atom. The Bertz CT molecular complexity index is 1510. The topological polar surface area (TPSA) is 87.3 Å². The van der Waals surface area contributed by atoms with Gasteiger partial charge in [-0.1, -0.05) is 72.3 Å². The quantitative estimate of drug-likeness (QED) is 0.157. The number of nitrogens with one attached hydrogen (secondary N) is 3. The molecule has 0 aromatic heterocycles. The maximum absolute atomic E-state index is 13.2. The van der Waals surface area contributed by atoms with Crippen molar-refractivity contribution in [2.24, 2.45) is 0 Å². The molecule has 0 aliphatic rings. The first-order chi connectivity index (χ1) is 18.9. The van der Waals surface area contributed by atoms with Gasteiger partial charge in [0, 0.05) is 26.9 Å². The first-order valence-corrected chi connectivity index (χ1v) is 13.5. The lowest BCUT2D eigenvalue weighted by Crippen LogP contribution is -2.30. The van der Waals surface area contributed by atoms with Crippen molar-refractivity contribution in [3.63, 3.8) is 0 Å². The molecule has 4 rings (SSSR count). The summed E-state index contributed by atoms with van der Waals surface area (Å²) in [5.41, 5.74) is 3.31. The highest BCUT2D eigenvalue weighted by molar-refractivity contribution is 8.00. The zero-order chi connectivity index (χ0) is 27.6. The summed E-state index contributed by atoms with van der Waals surface area (Å²) in [5.74, 6) is -0.857. The number of carbonyl (C=O) groups excluding carboxylic acids is 3. The van der Waals surface area contributed by atoms with Crippen molar-refractivity contribution in [3.8, 4) is 0 Å². The van der Waals surface area contributed by atoms with Crippen molar-refractivity contribution in [2.75, 3.05) is 16.4 Å². The van der Waals surface area contributed by atoms with Gasteiger partial charge in [-0.15, -0.1) is 11.8 Å². The first-order valence-electron chi connectivity index (χ1n) is 12.1. The summed E-state index contributed by atoms with van der Waals surface area (Å²) in [6.45, 7) is 1.85. The van der Waals surface area contributed by atoms with Gasteiger partial charge in [-0.2, -0.15) is 0 Å². The lowest BCUT2D eigenvalue weighted by atomic mass is 10.1. The van der Waals surface area contributed by atoms with E-state index in [4.69, 9.17) is 11.6 Å². The van der Waals surface area contributed by atoms with Gasteiger partial charge >= 0.3 is 0 Å². The molecule has 0 saturated heterocycles. The maximum atomic E-state index is 13.2. The molecule has 0 fully saturated rings. The molecule has 8 heteroatoms. The van der Waals surface area contributed by atoms with E-state index < -0.39 is 11.8 Å². The predicted octanol–water partition coefficient (Wildman–Crippen LogP) is 6.79. The molecular weight excluding hydrogens is 530 g/mol. The molecule has 0 radical (unpaired) electrons. The number of hydrogen-bond acceptors (Lipinski definition) is 4. The highest BCUT2D eigenvalue weighted by Crippen LogP contribution is 2.25. The van der Waals surface area contributed by atoms with Gasteiger partial charge in [0.1, 0.15) is 5.70 Å². The van der Waals surface area contributed by atoms with Crippen molar-refractivity contribution in [2.45, 2.75) is 11.8 Å². The number of amides is 3. The molecule has 4 aromatic rings. The monoisotopic (exact) mass is 555 g/mol. The largest absolute Gasteiger partial charge is 0.325 e. The Labute approximate surface area is 236 Å². The molecule has 6 nitrogen and oxygen atoms in total. The van der Waals surface area contributed by atoms with Crippen LogP contribution in [0.5, 0.6) is 0 Å². The highest BCUT2D eigenvalue weighted by Gasteiger charge is 2.15.